The Bertz CT molecular complexity index is 6680. The van der Waals surface area contributed by atoms with Gasteiger partial charge in [-0.25, -0.2) is 9.97 Å². The molecule has 5 aromatic heterocycles. The first-order valence-corrected chi connectivity index (χ1v) is 34.1. The van der Waals surface area contributed by atoms with Gasteiger partial charge in [0.1, 0.15) is 0 Å². The van der Waals surface area contributed by atoms with E-state index < -0.39 is 0 Å². The van der Waals surface area contributed by atoms with E-state index in [-0.39, 0.29) is 10.8 Å². The fraction of sp³-hybridized carbons (Fsp3) is 0.0652. The average Bonchev–Trinajstić information content (AvgIpc) is 1.58. The minimum absolute atomic E-state index is 0.0925. The molecule has 6 nitrogen and oxygen atoms in total. The van der Waals surface area contributed by atoms with Crippen LogP contribution < -0.4 is 0 Å². The Labute approximate surface area is 565 Å². The summed E-state index contributed by atoms with van der Waals surface area (Å²) in [6.45, 7) is 9.44. The predicted octanol–water partition coefficient (Wildman–Crippen LogP) is 23.6. The molecule has 19 aromatic rings. The van der Waals surface area contributed by atoms with Crippen LogP contribution in [-0.4, -0.2) is 28.2 Å². The Kier molecular flexibility index (Phi) is 11.3. The lowest BCUT2D eigenvalue weighted by atomic mass is 9.82. The lowest BCUT2D eigenvalue weighted by Crippen LogP contribution is -2.15. The molecule has 98 heavy (non-hydrogen) atoms. The Morgan fingerprint density at radius 1 is 0.224 bits per heavy atom. The monoisotopic (exact) mass is 1250 g/mol. The van der Waals surface area contributed by atoms with Crippen LogP contribution in [0.4, 0.5) is 0 Å². The van der Waals surface area contributed by atoms with Crippen molar-refractivity contribution < 1.29 is 0 Å². The van der Waals surface area contributed by atoms with Crippen LogP contribution in [0.5, 0.6) is 0 Å². The number of aromatic nitrogens is 6. The Hall–Kier alpha value is -12.4. The molecule has 0 radical (unpaired) electrons. The second-order valence-electron chi connectivity index (χ2n) is 28.1. The molecule has 0 spiro atoms. The summed E-state index contributed by atoms with van der Waals surface area (Å²) in [5.74, 6) is 0.632. The summed E-state index contributed by atoms with van der Waals surface area (Å²) in [5, 5.41) is 10.7. The third kappa shape index (κ3) is 7.68. The molecule has 460 valence electrons. The van der Waals surface area contributed by atoms with Crippen LogP contribution in [0, 0.1) is 0 Å². The lowest BCUT2D eigenvalue weighted by Gasteiger charge is -2.22. The molecule has 0 saturated carbocycles. The Balaban J connectivity index is 0.630. The maximum atomic E-state index is 5.57. The number of rotatable bonds is 7. The van der Waals surface area contributed by atoms with Crippen LogP contribution in [-0.2, 0) is 10.8 Å². The molecule has 2 aliphatic carbocycles. The van der Waals surface area contributed by atoms with Gasteiger partial charge in [-0.1, -0.05) is 216 Å². The molecule has 0 saturated heterocycles. The zero-order valence-electron chi connectivity index (χ0n) is 54.6. The van der Waals surface area contributed by atoms with Crippen molar-refractivity contribution in [2.24, 2.45) is 0 Å². The minimum Gasteiger partial charge on any atom is -0.309 e. The number of nitrogens with zero attached hydrogens (tertiary/aromatic N) is 6. The van der Waals surface area contributed by atoms with Crippen LogP contribution in [0.1, 0.15) is 49.9 Å². The maximum absolute atomic E-state index is 5.57. The molecule has 0 unspecified atom stereocenters. The highest BCUT2D eigenvalue weighted by molar-refractivity contribution is 6.15. The largest absolute Gasteiger partial charge is 0.309 e. The molecule has 5 heterocycles. The number of hydrogen-bond acceptors (Lipinski definition) is 2. The molecule has 0 fully saturated rings. The van der Waals surface area contributed by atoms with Crippen LogP contribution in [0.2, 0.25) is 0 Å². The van der Waals surface area contributed by atoms with Gasteiger partial charge in [0.2, 0.25) is 5.95 Å². The molecule has 21 rings (SSSR count). The molecule has 0 aliphatic heterocycles. The highest BCUT2D eigenvalue weighted by atomic mass is 15.2. The van der Waals surface area contributed by atoms with Gasteiger partial charge in [0.15, 0.2) is 0 Å². The molecule has 2 aliphatic rings. The van der Waals surface area contributed by atoms with Gasteiger partial charge in [-0.3, -0.25) is 4.57 Å². The van der Waals surface area contributed by atoms with E-state index in [0.717, 1.165) is 66.3 Å². The zero-order chi connectivity index (χ0) is 64.9. The van der Waals surface area contributed by atoms with E-state index in [4.69, 9.17) is 9.97 Å². The van der Waals surface area contributed by atoms with Gasteiger partial charge in [-0.05, 0) is 182 Å². The molecular formula is C92H62N6. The van der Waals surface area contributed by atoms with Crippen molar-refractivity contribution in [2.75, 3.05) is 0 Å². The van der Waals surface area contributed by atoms with Gasteiger partial charge >= 0.3 is 0 Å². The smallest absolute Gasteiger partial charge is 0.235 e. The van der Waals surface area contributed by atoms with Crippen molar-refractivity contribution in [3.8, 4) is 78.8 Å². The summed E-state index contributed by atoms with van der Waals surface area (Å²) in [5.41, 5.74) is 30.8. The van der Waals surface area contributed by atoms with Gasteiger partial charge in [0.25, 0.3) is 0 Å². The third-order valence-corrected chi connectivity index (χ3v) is 22.2. The van der Waals surface area contributed by atoms with Crippen molar-refractivity contribution in [3.63, 3.8) is 0 Å². The van der Waals surface area contributed by atoms with E-state index in [1.807, 2.05) is 0 Å². The third-order valence-electron chi connectivity index (χ3n) is 22.2. The number of para-hydroxylation sites is 5. The van der Waals surface area contributed by atoms with Crippen molar-refractivity contribution >= 4 is 98.1 Å². The predicted molar refractivity (Wildman–Crippen MR) is 408 cm³/mol. The molecule has 0 N–H and O–H groups in total. The van der Waals surface area contributed by atoms with Gasteiger partial charge < -0.3 is 13.7 Å². The first kappa shape index (κ1) is 55.0. The number of hydrogen-bond donors (Lipinski definition) is 0. The summed E-state index contributed by atoms with van der Waals surface area (Å²) in [4.78, 5) is 10.9. The molecule has 6 heteroatoms. The Morgan fingerprint density at radius 3 is 0.980 bits per heavy atom. The molecular weight excluding hydrogens is 1190 g/mol. The summed E-state index contributed by atoms with van der Waals surface area (Å²) in [7, 11) is 0. The topological polar surface area (TPSA) is 45.5 Å². The molecule has 14 aromatic carbocycles. The van der Waals surface area contributed by atoms with Crippen LogP contribution in [0.25, 0.3) is 177 Å². The Morgan fingerprint density at radius 2 is 0.541 bits per heavy atom. The van der Waals surface area contributed by atoms with E-state index in [1.165, 1.54) is 127 Å². The van der Waals surface area contributed by atoms with Crippen LogP contribution in [0.15, 0.2) is 303 Å². The first-order valence-electron chi connectivity index (χ1n) is 34.1. The minimum atomic E-state index is -0.0982. The van der Waals surface area contributed by atoms with Gasteiger partial charge in [0.05, 0.1) is 55.3 Å². The summed E-state index contributed by atoms with van der Waals surface area (Å²) < 4.78 is 9.57. The van der Waals surface area contributed by atoms with Crippen LogP contribution in [0.3, 0.4) is 0 Å². The van der Waals surface area contributed by atoms with Crippen molar-refractivity contribution in [3.05, 3.63) is 326 Å². The zero-order valence-corrected chi connectivity index (χ0v) is 54.6. The fourth-order valence-corrected chi connectivity index (χ4v) is 17.5. The maximum Gasteiger partial charge on any atom is 0.235 e. The molecule has 0 atom stereocenters. The SMILES string of the molecule is CC1(C)c2ccccc2-c2ccc(-n3c4ccccc4c4cc(-c5ccc6c(c5)c5ccccc5n6-c5ccc(-c6nc(-n7c8ccccc8c8cc(-c9ccc%10c(c9)c9ccccc9n%10-c9ccc%10c(c9)C(C)(C)c9ccccc9-%10)ccc87)nc7ccccc67)cc5)ccc43)cc21. The van der Waals surface area contributed by atoms with Crippen LogP contribution >= 0.6 is 0 Å². The first-order chi connectivity index (χ1) is 48.1. The van der Waals surface area contributed by atoms with Crippen molar-refractivity contribution in [2.45, 2.75) is 38.5 Å². The van der Waals surface area contributed by atoms with E-state index in [1.54, 1.807) is 0 Å². The summed E-state index contributed by atoms with van der Waals surface area (Å²) in [6, 6.07) is 112. The second-order valence-corrected chi connectivity index (χ2v) is 28.1. The quantitative estimate of drug-likeness (QED) is 0.160. The highest BCUT2D eigenvalue weighted by Gasteiger charge is 2.37. The van der Waals surface area contributed by atoms with Crippen molar-refractivity contribution in [1.29, 1.82) is 0 Å². The fourth-order valence-electron chi connectivity index (χ4n) is 17.5. The average molecular weight is 1250 g/mol. The summed E-state index contributed by atoms with van der Waals surface area (Å²) >= 11 is 0. The van der Waals surface area contributed by atoms with E-state index in [2.05, 4.69) is 349 Å². The standard InChI is InChI=1S/C92H62N6/c1-91(2)76-26-12-5-19-63(76)65-43-41-61(53-78(65)91)96-82-30-16-9-22-68(82)73-50-57(36-46-86(73)96)56-35-45-85-72(49-56)67-21-8-15-29-81(67)95(85)60-39-33-55(34-40-60)89-71-25-7-14-28-80(71)93-90(94-89)98-84-32-18-11-24-70(84)75-52-59(38-48-88(75)98)58-37-47-87-74(51-58)69-23-10-17-31-83(69)97(87)62-42-44-66-64-20-6-13-27-77(64)92(3,4)79(66)54-62/h5-54H,1-4H3. The molecule has 0 amide bonds. The van der Waals surface area contributed by atoms with Gasteiger partial charge in [-0.15, -0.1) is 0 Å². The summed E-state index contributed by atoms with van der Waals surface area (Å²) in [6.07, 6.45) is 0. The van der Waals surface area contributed by atoms with E-state index in [0.29, 0.717) is 5.95 Å². The normalized spacial score (nSPS) is 13.7. The van der Waals surface area contributed by atoms with Gasteiger partial charge in [-0.2, -0.15) is 0 Å². The van der Waals surface area contributed by atoms with Crippen molar-refractivity contribution in [1.82, 2.24) is 28.2 Å². The lowest BCUT2D eigenvalue weighted by molar-refractivity contribution is 0.660. The second kappa shape index (κ2) is 20.1. The van der Waals surface area contributed by atoms with E-state index >= 15 is 0 Å². The number of benzene rings is 14. The highest BCUT2D eigenvalue weighted by Crippen LogP contribution is 2.52. The van der Waals surface area contributed by atoms with Gasteiger partial charge in [0, 0.05) is 81.9 Å². The number of fused-ring (bicyclic) bond motifs is 19. The van der Waals surface area contributed by atoms with E-state index in [9.17, 15) is 0 Å². The molecule has 0 bridgehead atoms.